The van der Waals surface area contributed by atoms with Crippen LogP contribution in [-0.4, -0.2) is 23.1 Å². The molecule has 0 amide bonds. The highest BCUT2D eigenvalue weighted by molar-refractivity contribution is 5.31. The smallest absolute Gasteiger partial charge is 0.226 e. The Morgan fingerprint density at radius 3 is 2.88 bits per heavy atom. The number of rotatable bonds is 6. The van der Waals surface area contributed by atoms with Crippen molar-refractivity contribution in [1.82, 2.24) is 9.97 Å². The van der Waals surface area contributed by atoms with E-state index in [4.69, 9.17) is 4.74 Å². The van der Waals surface area contributed by atoms with Gasteiger partial charge < -0.3 is 10.1 Å². The van der Waals surface area contributed by atoms with Crippen molar-refractivity contribution in [3.63, 3.8) is 0 Å². The highest BCUT2D eigenvalue weighted by Crippen LogP contribution is 2.12. The van der Waals surface area contributed by atoms with Crippen LogP contribution < -0.4 is 10.1 Å². The fourth-order valence-electron chi connectivity index (χ4n) is 1.13. The van der Waals surface area contributed by atoms with E-state index in [1.54, 1.807) is 0 Å². The van der Waals surface area contributed by atoms with Crippen LogP contribution in [0.25, 0.3) is 0 Å². The van der Waals surface area contributed by atoms with Crippen LogP contribution in [0.3, 0.4) is 0 Å². The number of aryl methyl sites for hydroxylation is 1. The summed E-state index contributed by atoms with van der Waals surface area (Å²) >= 11 is 0. The van der Waals surface area contributed by atoms with Gasteiger partial charge in [-0.3, -0.25) is 0 Å². The average Bonchev–Trinajstić information content (AvgIpc) is 2.23. The van der Waals surface area contributed by atoms with Gasteiger partial charge in [0.25, 0.3) is 0 Å². The van der Waals surface area contributed by atoms with Crippen LogP contribution in [-0.2, 0) is 0 Å². The highest BCUT2D eigenvalue weighted by atomic mass is 16.5. The van der Waals surface area contributed by atoms with Crippen molar-refractivity contribution in [2.24, 2.45) is 0 Å². The number of aromatic nitrogens is 2. The molecule has 1 aromatic rings. The van der Waals surface area contributed by atoms with Crippen molar-refractivity contribution in [1.29, 1.82) is 0 Å². The number of nitrogens with zero attached hydrogens (tertiary/aromatic N) is 2. The first kappa shape index (κ1) is 12.5. The summed E-state index contributed by atoms with van der Waals surface area (Å²) in [4.78, 5) is 8.53. The van der Waals surface area contributed by atoms with Crippen molar-refractivity contribution in [2.75, 3.05) is 18.5 Å². The minimum Gasteiger partial charge on any atom is -0.478 e. The molecule has 1 N–H and O–H groups in total. The monoisotopic (exact) mass is 221 g/mol. The predicted molar refractivity (Wildman–Crippen MR) is 65.9 cm³/mol. The van der Waals surface area contributed by atoms with Crippen molar-refractivity contribution in [2.45, 2.75) is 27.2 Å². The summed E-state index contributed by atoms with van der Waals surface area (Å²) in [5.41, 5.74) is 1.94. The number of hydrogen-bond donors (Lipinski definition) is 1. The Labute approximate surface area is 96.8 Å². The minimum atomic E-state index is 0.592. The second-order valence-electron chi connectivity index (χ2n) is 3.83. The normalized spacial score (nSPS) is 9.94. The zero-order valence-electron chi connectivity index (χ0n) is 10.2. The van der Waals surface area contributed by atoms with Crippen LogP contribution in [0.15, 0.2) is 18.2 Å². The molecule has 4 heteroatoms. The van der Waals surface area contributed by atoms with Gasteiger partial charge in [0.15, 0.2) is 0 Å². The molecule has 0 saturated carbocycles. The van der Waals surface area contributed by atoms with E-state index in [-0.39, 0.29) is 0 Å². The maximum atomic E-state index is 5.47. The van der Waals surface area contributed by atoms with Gasteiger partial charge in [0.2, 0.25) is 11.8 Å². The Balaban J connectivity index is 2.69. The molecule has 0 aliphatic rings. The SMILES string of the molecule is C=C(C)CNc1nc(C)cc(OCCC)n1. The lowest BCUT2D eigenvalue weighted by Crippen LogP contribution is -2.08. The molecular formula is C12H19N3O. The zero-order valence-corrected chi connectivity index (χ0v) is 10.2. The third kappa shape index (κ3) is 4.29. The Morgan fingerprint density at radius 2 is 2.25 bits per heavy atom. The third-order valence-electron chi connectivity index (χ3n) is 1.83. The Bertz CT molecular complexity index is 363. The molecule has 0 unspecified atom stereocenters. The standard InChI is InChI=1S/C12H19N3O/c1-5-6-16-11-7-10(4)14-12(15-11)13-8-9(2)3/h7H,2,5-6,8H2,1,3-4H3,(H,13,14,15). The summed E-state index contributed by atoms with van der Waals surface area (Å²) in [6.45, 7) is 11.1. The molecule has 0 saturated heterocycles. The quantitative estimate of drug-likeness (QED) is 0.750. The van der Waals surface area contributed by atoms with Gasteiger partial charge in [-0.2, -0.15) is 4.98 Å². The Kier molecular flexibility index (Phi) is 4.76. The summed E-state index contributed by atoms with van der Waals surface area (Å²) in [5.74, 6) is 1.22. The van der Waals surface area contributed by atoms with E-state index in [2.05, 4.69) is 28.8 Å². The lowest BCUT2D eigenvalue weighted by Gasteiger charge is -2.08. The number of ether oxygens (including phenoxy) is 1. The molecule has 1 rings (SSSR count). The van der Waals surface area contributed by atoms with Gasteiger partial charge in [0.05, 0.1) is 6.61 Å². The van der Waals surface area contributed by atoms with E-state index in [1.807, 2.05) is 19.9 Å². The summed E-state index contributed by atoms with van der Waals surface area (Å²) in [5, 5.41) is 3.10. The lowest BCUT2D eigenvalue weighted by atomic mass is 10.3. The van der Waals surface area contributed by atoms with Crippen LogP contribution in [0.1, 0.15) is 26.0 Å². The molecular weight excluding hydrogens is 202 g/mol. The molecule has 4 nitrogen and oxygen atoms in total. The molecule has 0 aliphatic heterocycles. The molecule has 88 valence electrons. The van der Waals surface area contributed by atoms with Crippen molar-refractivity contribution >= 4 is 5.95 Å². The van der Waals surface area contributed by atoms with Gasteiger partial charge in [-0.15, -0.1) is 0 Å². The number of nitrogens with one attached hydrogen (secondary N) is 1. The first-order chi connectivity index (χ1) is 7.61. The second kappa shape index (κ2) is 6.10. The van der Waals surface area contributed by atoms with E-state index in [9.17, 15) is 0 Å². The van der Waals surface area contributed by atoms with Gasteiger partial charge in [-0.05, 0) is 20.3 Å². The molecule has 1 aromatic heterocycles. The number of hydrogen-bond acceptors (Lipinski definition) is 4. The molecule has 0 atom stereocenters. The second-order valence-corrected chi connectivity index (χ2v) is 3.83. The van der Waals surface area contributed by atoms with Crippen molar-refractivity contribution in [3.8, 4) is 5.88 Å². The molecule has 16 heavy (non-hydrogen) atoms. The van der Waals surface area contributed by atoms with Crippen LogP contribution in [0.5, 0.6) is 5.88 Å². The lowest BCUT2D eigenvalue weighted by molar-refractivity contribution is 0.305. The predicted octanol–water partition coefficient (Wildman–Crippen LogP) is 2.56. The van der Waals surface area contributed by atoms with Crippen molar-refractivity contribution < 1.29 is 4.74 Å². The highest BCUT2D eigenvalue weighted by Gasteiger charge is 2.02. The number of anilines is 1. The topological polar surface area (TPSA) is 47.0 Å². The molecule has 0 radical (unpaired) electrons. The zero-order chi connectivity index (χ0) is 12.0. The fourth-order valence-corrected chi connectivity index (χ4v) is 1.13. The first-order valence-electron chi connectivity index (χ1n) is 5.48. The molecule has 0 spiro atoms. The van der Waals surface area contributed by atoms with Gasteiger partial charge >= 0.3 is 0 Å². The fraction of sp³-hybridized carbons (Fsp3) is 0.500. The Morgan fingerprint density at radius 1 is 1.50 bits per heavy atom. The average molecular weight is 221 g/mol. The van der Waals surface area contributed by atoms with E-state index in [1.165, 1.54) is 0 Å². The summed E-state index contributed by atoms with van der Waals surface area (Å²) in [6, 6.07) is 1.83. The van der Waals surface area contributed by atoms with Crippen LogP contribution in [0.2, 0.25) is 0 Å². The van der Waals surface area contributed by atoms with Crippen LogP contribution in [0, 0.1) is 6.92 Å². The molecule has 0 fully saturated rings. The van der Waals surface area contributed by atoms with E-state index >= 15 is 0 Å². The maximum Gasteiger partial charge on any atom is 0.226 e. The van der Waals surface area contributed by atoms with E-state index in [0.717, 1.165) is 17.7 Å². The summed E-state index contributed by atoms with van der Waals surface area (Å²) in [7, 11) is 0. The van der Waals surface area contributed by atoms with E-state index in [0.29, 0.717) is 25.0 Å². The minimum absolute atomic E-state index is 0.592. The maximum absolute atomic E-state index is 5.47. The summed E-state index contributed by atoms with van der Waals surface area (Å²) < 4.78 is 5.47. The molecule has 1 heterocycles. The van der Waals surface area contributed by atoms with Gasteiger partial charge in [-0.25, -0.2) is 4.98 Å². The van der Waals surface area contributed by atoms with E-state index < -0.39 is 0 Å². The van der Waals surface area contributed by atoms with Gasteiger partial charge in [0, 0.05) is 18.3 Å². The van der Waals surface area contributed by atoms with Crippen molar-refractivity contribution in [3.05, 3.63) is 23.9 Å². The van der Waals surface area contributed by atoms with Crippen LogP contribution in [0.4, 0.5) is 5.95 Å². The Hall–Kier alpha value is -1.58. The van der Waals surface area contributed by atoms with Crippen LogP contribution >= 0.6 is 0 Å². The molecule has 0 aliphatic carbocycles. The summed E-state index contributed by atoms with van der Waals surface area (Å²) in [6.07, 6.45) is 0.970. The van der Waals surface area contributed by atoms with Gasteiger partial charge in [-0.1, -0.05) is 19.1 Å². The molecule has 0 bridgehead atoms. The third-order valence-corrected chi connectivity index (χ3v) is 1.83. The first-order valence-corrected chi connectivity index (χ1v) is 5.48. The molecule has 0 aromatic carbocycles. The van der Waals surface area contributed by atoms with Gasteiger partial charge in [0.1, 0.15) is 0 Å². The largest absolute Gasteiger partial charge is 0.478 e.